The number of hydrogen-bond acceptors (Lipinski definition) is 1. The topological polar surface area (TPSA) is 17.1 Å². The minimum atomic E-state index is 0.0840. The summed E-state index contributed by atoms with van der Waals surface area (Å²) in [5, 5.41) is 0. The second-order valence-corrected chi connectivity index (χ2v) is 5.39. The SMILES string of the molecule is C=C(C)C1=C2C(C(=O)/C=C/C)=CC=CC2C(CC)C=C1. The lowest BCUT2D eigenvalue weighted by Gasteiger charge is -2.32. The lowest BCUT2D eigenvalue weighted by molar-refractivity contribution is -0.111. The van der Waals surface area contributed by atoms with E-state index < -0.39 is 0 Å². The Kier molecular flexibility index (Phi) is 4.39. The van der Waals surface area contributed by atoms with Crippen LogP contribution in [-0.2, 0) is 4.79 Å². The maximum absolute atomic E-state index is 12.3. The fourth-order valence-corrected chi connectivity index (χ4v) is 2.97. The quantitative estimate of drug-likeness (QED) is 0.673. The first kappa shape index (κ1) is 14.5. The minimum Gasteiger partial charge on any atom is -0.289 e. The van der Waals surface area contributed by atoms with Gasteiger partial charge >= 0.3 is 0 Å². The lowest BCUT2D eigenvalue weighted by Crippen LogP contribution is -2.23. The molecule has 2 aliphatic rings. The third-order valence-electron chi connectivity index (χ3n) is 3.98. The van der Waals surface area contributed by atoms with Crippen molar-refractivity contribution < 1.29 is 4.79 Å². The largest absolute Gasteiger partial charge is 0.289 e. The molecule has 1 heteroatoms. The van der Waals surface area contributed by atoms with Gasteiger partial charge in [-0.25, -0.2) is 0 Å². The first-order valence-electron chi connectivity index (χ1n) is 7.24. The molecule has 2 atom stereocenters. The number of carbonyl (C=O) groups excluding carboxylic acids is 1. The zero-order valence-electron chi connectivity index (χ0n) is 12.5. The third kappa shape index (κ3) is 2.53. The van der Waals surface area contributed by atoms with Gasteiger partial charge in [0.15, 0.2) is 5.78 Å². The van der Waals surface area contributed by atoms with Gasteiger partial charge in [0.25, 0.3) is 0 Å². The van der Waals surface area contributed by atoms with E-state index in [9.17, 15) is 4.79 Å². The molecule has 0 bridgehead atoms. The average molecular weight is 266 g/mol. The highest BCUT2D eigenvalue weighted by Crippen LogP contribution is 2.41. The van der Waals surface area contributed by atoms with Crippen LogP contribution in [0.4, 0.5) is 0 Å². The second kappa shape index (κ2) is 6.04. The first-order chi connectivity index (χ1) is 9.60. The highest BCUT2D eigenvalue weighted by Gasteiger charge is 2.31. The van der Waals surface area contributed by atoms with Gasteiger partial charge in [0, 0.05) is 11.5 Å². The molecule has 0 aromatic heterocycles. The van der Waals surface area contributed by atoms with Crippen LogP contribution in [-0.4, -0.2) is 5.78 Å². The summed E-state index contributed by atoms with van der Waals surface area (Å²) in [6, 6.07) is 0. The van der Waals surface area contributed by atoms with Gasteiger partial charge in [0.2, 0.25) is 0 Å². The van der Waals surface area contributed by atoms with E-state index in [1.54, 1.807) is 12.2 Å². The summed E-state index contributed by atoms with van der Waals surface area (Å²) in [5.74, 6) is 0.845. The van der Waals surface area contributed by atoms with E-state index in [0.29, 0.717) is 11.8 Å². The van der Waals surface area contributed by atoms with Crippen LogP contribution in [0.25, 0.3) is 0 Å². The van der Waals surface area contributed by atoms with E-state index in [4.69, 9.17) is 0 Å². The van der Waals surface area contributed by atoms with Gasteiger partial charge in [-0.2, -0.15) is 0 Å². The molecule has 2 aliphatic carbocycles. The van der Waals surface area contributed by atoms with E-state index in [2.05, 4.69) is 31.7 Å². The summed E-state index contributed by atoms with van der Waals surface area (Å²) in [6.45, 7) is 10.1. The molecular weight excluding hydrogens is 244 g/mol. The van der Waals surface area contributed by atoms with Gasteiger partial charge in [-0.1, -0.05) is 55.5 Å². The number of rotatable bonds is 4. The molecule has 0 spiro atoms. The molecule has 0 N–H and O–H groups in total. The fraction of sp³-hybridized carbons (Fsp3) is 0.316. The molecular formula is C19H22O. The Hall–Kier alpha value is -1.89. The van der Waals surface area contributed by atoms with Crippen molar-refractivity contribution >= 4 is 5.78 Å². The molecule has 0 saturated heterocycles. The van der Waals surface area contributed by atoms with Gasteiger partial charge in [-0.3, -0.25) is 4.79 Å². The van der Waals surface area contributed by atoms with Gasteiger partial charge in [-0.15, -0.1) is 0 Å². The summed E-state index contributed by atoms with van der Waals surface area (Å²) in [6.07, 6.45) is 15.1. The summed E-state index contributed by atoms with van der Waals surface area (Å²) in [5.41, 5.74) is 4.10. The average Bonchev–Trinajstić information content (AvgIpc) is 2.45. The number of hydrogen-bond donors (Lipinski definition) is 0. The Balaban J connectivity index is 2.57. The highest BCUT2D eigenvalue weighted by molar-refractivity contribution is 6.08. The first-order valence-corrected chi connectivity index (χ1v) is 7.24. The standard InChI is InChI=1S/C19H22O/c1-5-8-18(20)17-10-7-9-16-14(6-2)11-12-15(13(3)4)19(16)17/h5,7-12,14,16H,3,6H2,1-2,4H3/b8-5+. The van der Waals surface area contributed by atoms with E-state index in [1.165, 1.54) is 0 Å². The maximum Gasteiger partial charge on any atom is 0.185 e. The molecule has 0 fully saturated rings. The molecule has 0 radical (unpaired) electrons. The molecule has 0 amide bonds. The van der Waals surface area contributed by atoms with Gasteiger partial charge in [0.05, 0.1) is 0 Å². The Labute approximate surface area is 121 Å². The van der Waals surface area contributed by atoms with Crippen LogP contribution >= 0.6 is 0 Å². The molecule has 2 rings (SSSR count). The van der Waals surface area contributed by atoms with Crippen LogP contribution in [0.2, 0.25) is 0 Å². The summed E-state index contributed by atoms with van der Waals surface area (Å²) >= 11 is 0. The van der Waals surface area contributed by atoms with E-state index in [-0.39, 0.29) is 5.78 Å². The van der Waals surface area contributed by atoms with Crippen LogP contribution < -0.4 is 0 Å². The summed E-state index contributed by atoms with van der Waals surface area (Å²) in [4.78, 5) is 12.3. The number of fused-ring (bicyclic) bond motifs is 1. The van der Waals surface area contributed by atoms with Gasteiger partial charge < -0.3 is 0 Å². The van der Waals surface area contributed by atoms with E-state index in [1.807, 2.05) is 26.0 Å². The predicted molar refractivity (Wildman–Crippen MR) is 85.3 cm³/mol. The van der Waals surface area contributed by atoms with E-state index >= 15 is 0 Å². The number of ketones is 1. The van der Waals surface area contributed by atoms with E-state index in [0.717, 1.165) is 28.7 Å². The zero-order chi connectivity index (χ0) is 14.7. The van der Waals surface area contributed by atoms with Crippen molar-refractivity contribution in [1.29, 1.82) is 0 Å². The molecule has 0 aromatic rings. The smallest absolute Gasteiger partial charge is 0.185 e. The molecule has 0 aromatic carbocycles. The highest BCUT2D eigenvalue weighted by atomic mass is 16.1. The van der Waals surface area contributed by atoms with Crippen molar-refractivity contribution in [2.75, 3.05) is 0 Å². The normalized spacial score (nSPS) is 24.9. The fourth-order valence-electron chi connectivity index (χ4n) is 2.97. The number of carbonyl (C=O) groups is 1. The molecule has 104 valence electrons. The Morgan fingerprint density at radius 1 is 1.40 bits per heavy atom. The Bertz CT molecular complexity index is 579. The van der Waals surface area contributed by atoms with Gasteiger partial charge in [-0.05, 0) is 43.4 Å². The predicted octanol–water partition coefficient (Wildman–Crippen LogP) is 4.71. The molecule has 0 aliphatic heterocycles. The minimum absolute atomic E-state index is 0.0840. The monoisotopic (exact) mass is 266 g/mol. The van der Waals surface area contributed by atoms with Crippen LogP contribution in [0.3, 0.4) is 0 Å². The van der Waals surface area contributed by atoms with Crippen LogP contribution in [0.5, 0.6) is 0 Å². The van der Waals surface area contributed by atoms with Crippen molar-refractivity contribution in [1.82, 2.24) is 0 Å². The molecule has 1 nitrogen and oxygen atoms in total. The lowest BCUT2D eigenvalue weighted by atomic mass is 9.71. The molecule has 0 heterocycles. The van der Waals surface area contributed by atoms with Crippen molar-refractivity contribution in [2.45, 2.75) is 27.2 Å². The van der Waals surface area contributed by atoms with Crippen molar-refractivity contribution in [2.24, 2.45) is 11.8 Å². The van der Waals surface area contributed by atoms with Crippen LogP contribution in [0, 0.1) is 11.8 Å². The molecule has 20 heavy (non-hydrogen) atoms. The van der Waals surface area contributed by atoms with Crippen LogP contribution in [0.15, 0.2) is 71.4 Å². The summed E-state index contributed by atoms with van der Waals surface area (Å²) < 4.78 is 0. The summed E-state index contributed by atoms with van der Waals surface area (Å²) in [7, 11) is 0. The Morgan fingerprint density at radius 3 is 2.75 bits per heavy atom. The van der Waals surface area contributed by atoms with Gasteiger partial charge in [0.1, 0.15) is 0 Å². The zero-order valence-corrected chi connectivity index (χ0v) is 12.5. The number of allylic oxidation sites excluding steroid dienone is 11. The van der Waals surface area contributed by atoms with Crippen molar-refractivity contribution in [3.05, 3.63) is 71.4 Å². The molecule has 2 unspecified atom stereocenters. The molecule has 0 saturated carbocycles. The third-order valence-corrected chi connectivity index (χ3v) is 3.98. The maximum atomic E-state index is 12.3. The van der Waals surface area contributed by atoms with Crippen molar-refractivity contribution in [3.8, 4) is 0 Å². The Morgan fingerprint density at radius 2 is 2.15 bits per heavy atom. The van der Waals surface area contributed by atoms with Crippen LogP contribution in [0.1, 0.15) is 27.2 Å². The van der Waals surface area contributed by atoms with Crippen molar-refractivity contribution in [3.63, 3.8) is 0 Å². The second-order valence-electron chi connectivity index (χ2n) is 5.39.